The smallest absolute Gasteiger partial charge is 0.232 e. The first-order chi connectivity index (χ1) is 40.0. The summed E-state index contributed by atoms with van der Waals surface area (Å²) in [6.07, 6.45) is 15.5. The Hall–Kier alpha value is -8.87. The number of hydrogen-bond acceptors (Lipinski definition) is 24. The molecule has 12 heterocycles. The van der Waals surface area contributed by atoms with Crippen molar-refractivity contribution in [1.29, 1.82) is 0 Å². The molecule has 9 aromatic rings. The van der Waals surface area contributed by atoms with Gasteiger partial charge in [0, 0.05) is 169 Å². The van der Waals surface area contributed by atoms with Crippen LogP contribution in [-0.4, -0.2) is 137 Å². The van der Waals surface area contributed by atoms with E-state index in [9.17, 15) is 13.2 Å². The Morgan fingerprint density at radius 1 is 0.439 bits per heavy atom. The van der Waals surface area contributed by atoms with Crippen molar-refractivity contribution < 1.29 is 41.6 Å². The number of aromatic nitrogens is 15. The van der Waals surface area contributed by atoms with E-state index in [1.807, 2.05) is 37.3 Å². The lowest BCUT2D eigenvalue weighted by Crippen LogP contribution is -2.38. The van der Waals surface area contributed by atoms with Gasteiger partial charge in [0.15, 0.2) is 53.6 Å². The van der Waals surface area contributed by atoms with Gasteiger partial charge in [-0.3, -0.25) is 0 Å². The van der Waals surface area contributed by atoms with Crippen LogP contribution >= 0.6 is 22.6 Å². The molecule has 420 valence electrons. The van der Waals surface area contributed by atoms with Crippen molar-refractivity contribution in [2.24, 2.45) is 0 Å². The highest BCUT2D eigenvalue weighted by atomic mass is 127. The Labute approximate surface area is 480 Å². The molecule has 9 aromatic heterocycles. The molecule has 3 aliphatic rings. The predicted molar refractivity (Wildman–Crippen MR) is 297 cm³/mol. The second-order valence-corrected chi connectivity index (χ2v) is 18.8. The monoisotopic (exact) mass is 1230 g/mol. The molecule has 0 fully saturated rings. The van der Waals surface area contributed by atoms with E-state index in [2.05, 4.69) is 74.8 Å². The summed E-state index contributed by atoms with van der Waals surface area (Å²) in [6.45, 7) is 1.69. The highest BCUT2D eigenvalue weighted by Crippen LogP contribution is 2.38. The number of hydrogen-bond donors (Lipinski definition) is 0. The molecule has 0 radical (unpaired) electrons. The minimum absolute atomic E-state index is 0.207. The molecule has 24 nitrogen and oxygen atoms in total. The summed E-state index contributed by atoms with van der Waals surface area (Å²) < 4.78 is 74.8. The third-order valence-corrected chi connectivity index (χ3v) is 14.0. The SMILES string of the molecule is COc1cc(F)nc(N2CCc3nc(-c4ncccn4)ncc3C2OC)c1.COc1cc(N2CCc3nc(-c4ncccn4)ncc3C2OC)cc(F)n1.COc1cc(N2CCc3nc(-c4ncccn4)ncc3C2OC)nc(F)c1I. The van der Waals surface area contributed by atoms with Crippen molar-refractivity contribution in [3.05, 3.63) is 159 Å². The zero-order valence-corrected chi connectivity index (χ0v) is 47.0. The third kappa shape index (κ3) is 12.2. The summed E-state index contributed by atoms with van der Waals surface area (Å²) in [7, 11) is 9.19. The zero-order chi connectivity index (χ0) is 57.3. The fourth-order valence-corrected chi connectivity index (χ4v) is 9.81. The molecular weight excluding hydrogens is 1180 g/mol. The van der Waals surface area contributed by atoms with Gasteiger partial charge in [0.25, 0.3) is 0 Å². The minimum Gasteiger partial charge on any atom is -0.496 e. The maximum atomic E-state index is 14.2. The quantitative estimate of drug-likeness (QED) is 0.0868. The van der Waals surface area contributed by atoms with E-state index >= 15 is 0 Å². The van der Waals surface area contributed by atoms with Crippen LogP contribution in [0.1, 0.15) is 52.5 Å². The number of methoxy groups -OCH3 is 6. The number of pyridine rings is 3. The van der Waals surface area contributed by atoms with E-state index in [4.69, 9.17) is 28.4 Å². The van der Waals surface area contributed by atoms with Gasteiger partial charge in [0.1, 0.15) is 26.7 Å². The highest BCUT2D eigenvalue weighted by molar-refractivity contribution is 14.1. The van der Waals surface area contributed by atoms with E-state index < -0.39 is 36.5 Å². The summed E-state index contributed by atoms with van der Waals surface area (Å²) in [6, 6.07) is 12.9. The van der Waals surface area contributed by atoms with Crippen molar-refractivity contribution in [2.45, 2.75) is 37.9 Å². The summed E-state index contributed by atoms with van der Waals surface area (Å²) in [5.74, 6) is 2.88. The highest BCUT2D eigenvalue weighted by Gasteiger charge is 2.34. The summed E-state index contributed by atoms with van der Waals surface area (Å²) in [5.41, 5.74) is 5.59. The van der Waals surface area contributed by atoms with Crippen molar-refractivity contribution in [2.75, 3.05) is 77.0 Å². The summed E-state index contributed by atoms with van der Waals surface area (Å²) in [4.78, 5) is 69.5. The van der Waals surface area contributed by atoms with Gasteiger partial charge in [-0.15, -0.1) is 0 Å². The van der Waals surface area contributed by atoms with Gasteiger partial charge in [-0.1, -0.05) is 0 Å². The molecule has 12 rings (SSSR count). The van der Waals surface area contributed by atoms with Gasteiger partial charge >= 0.3 is 0 Å². The van der Waals surface area contributed by atoms with Crippen molar-refractivity contribution in [1.82, 2.24) is 74.8 Å². The van der Waals surface area contributed by atoms with Crippen LogP contribution in [-0.2, 0) is 33.5 Å². The Kier molecular flexibility index (Phi) is 17.7. The van der Waals surface area contributed by atoms with E-state index in [1.165, 1.54) is 33.5 Å². The van der Waals surface area contributed by atoms with Gasteiger partial charge in [0.2, 0.25) is 23.7 Å². The van der Waals surface area contributed by atoms with Crippen LogP contribution < -0.4 is 28.9 Å². The van der Waals surface area contributed by atoms with Crippen LogP contribution in [0.5, 0.6) is 17.4 Å². The lowest BCUT2D eigenvalue weighted by molar-refractivity contribution is 0.0924. The molecule has 3 unspecified atom stereocenters. The Morgan fingerprint density at radius 3 is 1.29 bits per heavy atom. The Bertz CT molecular complexity index is 3520. The minimum atomic E-state index is -0.613. The fourth-order valence-electron chi connectivity index (χ4n) is 9.31. The first kappa shape index (κ1) is 56.4. The van der Waals surface area contributed by atoms with E-state index in [0.717, 1.165) is 33.8 Å². The molecule has 28 heteroatoms. The molecule has 0 aliphatic carbocycles. The van der Waals surface area contributed by atoms with Gasteiger partial charge in [0.05, 0.1) is 38.4 Å². The van der Waals surface area contributed by atoms with Crippen LogP contribution in [0.3, 0.4) is 0 Å². The van der Waals surface area contributed by atoms with Crippen LogP contribution in [0, 0.1) is 21.4 Å². The average molecular weight is 1230 g/mol. The molecule has 0 bridgehead atoms. The number of anilines is 3. The molecule has 82 heavy (non-hydrogen) atoms. The van der Waals surface area contributed by atoms with Gasteiger partial charge in [-0.25, -0.2) is 69.8 Å². The third-order valence-electron chi connectivity index (χ3n) is 13.0. The second kappa shape index (κ2) is 25.7. The lowest BCUT2D eigenvalue weighted by atomic mass is 10.0. The predicted octanol–water partition coefficient (Wildman–Crippen LogP) is 7.16. The molecule has 0 saturated heterocycles. The molecule has 3 atom stereocenters. The molecule has 0 saturated carbocycles. The van der Waals surface area contributed by atoms with Crippen molar-refractivity contribution in [3.63, 3.8) is 0 Å². The van der Waals surface area contributed by atoms with Crippen molar-refractivity contribution >= 4 is 39.9 Å². The van der Waals surface area contributed by atoms with Gasteiger partial charge in [-0.2, -0.15) is 18.2 Å². The van der Waals surface area contributed by atoms with Gasteiger partial charge < -0.3 is 43.1 Å². The van der Waals surface area contributed by atoms with Crippen LogP contribution in [0.15, 0.2) is 104 Å². The Morgan fingerprint density at radius 2 is 0.866 bits per heavy atom. The fraction of sp³-hybridized carbons (Fsp3) is 0.278. The summed E-state index contributed by atoms with van der Waals surface area (Å²) >= 11 is 1.87. The van der Waals surface area contributed by atoms with Crippen molar-refractivity contribution in [3.8, 4) is 52.3 Å². The molecule has 3 aliphatic heterocycles. The first-order valence-corrected chi connectivity index (χ1v) is 26.2. The molecule has 0 spiro atoms. The van der Waals surface area contributed by atoms with Crippen LogP contribution in [0.2, 0.25) is 0 Å². The first-order valence-electron chi connectivity index (χ1n) is 25.1. The largest absolute Gasteiger partial charge is 0.496 e. The summed E-state index contributed by atoms with van der Waals surface area (Å²) in [5, 5.41) is 0. The standard InChI is InChI=1S/C18H16FIN6O2.2C18H17FN6O2/c1-27-12-8-13(25-15(19)14(12)20)26-7-4-11-10(18(26)28-2)9-23-17(24-11)16-21-5-3-6-22-16;1-26-11-8-14(19)24-15(9-11)25-7-4-13-12(18(25)27-2)10-22-17(23-13)16-20-5-3-6-21-16;1-26-15-9-11(8-14(19)24-15)25-7-4-13-12(18(25)27-2)10-22-17(23-13)16-20-5-3-6-21-16/h3,5-6,8-9,18H,4,7H2,1-2H3;2*3,5-6,8-10,18H,4,7H2,1-2H3. The number of ether oxygens (including phenoxy) is 6. The van der Waals surface area contributed by atoms with E-state index in [-0.39, 0.29) is 5.88 Å². The van der Waals surface area contributed by atoms with E-state index in [0.29, 0.717) is 106 Å². The normalized spacial score (nSPS) is 16.1. The van der Waals surface area contributed by atoms with Gasteiger partial charge in [-0.05, 0) is 40.8 Å². The number of fused-ring (bicyclic) bond motifs is 3. The zero-order valence-electron chi connectivity index (χ0n) is 44.8. The molecule has 0 N–H and O–H groups in total. The number of halogens is 4. The maximum Gasteiger partial charge on any atom is 0.232 e. The number of rotatable bonds is 12. The topological polar surface area (TPSA) is 258 Å². The van der Waals surface area contributed by atoms with Crippen LogP contribution in [0.4, 0.5) is 30.5 Å². The molecular formula is C54H50F3IN18O6. The Balaban J connectivity index is 0.000000138. The van der Waals surface area contributed by atoms with Crippen LogP contribution in [0.25, 0.3) is 34.9 Å². The number of nitrogens with zero attached hydrogens (tertiary/aromatic N) is 18. The maximum absolute atomic E-state index is 14.2. The second-order valence-electron chi connectivity index (χ2n) is 17.8. The lowest BCUT2D eigenvalue weighted by Gasteiger charge is -2.37. The average Bonchev–Trinajstić information content (AvgIpc) is 3.59. The molecule has 0 amide bonds. The molecule has 0 aromatic carbocycles. The van der Waals surface area contributed by atoms with E-state index in [1.54, 1.807) is 113 Å².